The zero-order valence-corrected chi connectivity index (χ0v) is 28.4. The Hall–Kier alpha value is -2.84. The van der Waals surface area contributed by atoms with E-state index in [0.29, 0.717) is 24.2 Å². The molecule has 4 aliphatic rings. The third-order valence-corrected chi connectivity index (χ3v) is 11.3. The molecule has 7 nitrogen and oxygen atoms in total. The van der Waals surface area contributed by atoms with Gasteiger partial charge in [0.1, 0.15) is 5.75 Å². The second kappa shape index (κ2) is 12.1. The molecule has 8 heteroatoms. The predicted octanol–water partition coefficient (Wildman–Crippen LogP) is 7.22. The van der Waals surface area contributed by atoms with Crippen molar-refractivity contribution in [2.45, 2.75) is 105 Å². The lowest BCUT2D eigenvalue weighted by molar-refractivity contribution is -0.199. The molecule has 1 saturated heterocycles. The van der Waals surface area contributed by atoms with E-state index in [9.17, 15) is 9.59 Å². The molecule has 242 valence electrons. The molecule has 45 heavy (non-hydrogen) atoms. The Morgan fingerprint density at radius 3 is 2.40 bits per heavy atom. The number of aromatic nitrogens is 1. The van der Waals surface area contributed by atoms with E-state index in [2.05, 4.69) is 76.5 Å². The van der Waals surface area contributed by atoms with E-state index >= 15 is 0 Å². The summed E-state index contributed by atoms with van der Waals surface area (Å²) in [5, 5.41) is 5.53. The second-order valence-corrected chi connectivity index (χ2v) is 15.6. The molecule has 3 aliphatic carbocycles. The first-order valence-corrected chi connectivity index (χ1v) is 17.0. The highest BCUT2D eigenvalue weighted by Crippen LogP contribution is 2.65. The van der Waals surface area contributed by atoms with Crippen molar-refractivity contribution in [3.63, 3.8) is 0 Å². The van der Waals surface area contributed by atoms with Crippen molar-refractivity contribution in [2.75, 3.05) is 7.11 Å². The van der Waals surface area contributed by atoms with E-state index in [1.807, 2.05) is 24.3 Å². The maximum absolute atomic E-state index is 14.0. The standard InChI is InChI=1S/C37H51BN2O5/c1-22(2)15-24(17-26(41)21-40-30-12-10-9-11-28(30)29-14-13-27(43-8)20-31(29)40)35(42)39-34(16-23(3)4)38-44-33-19-25-18-32(36(25,5)6)37(33,7)45-38/h9-14,20,22-25,32-34H,15-19,21H2,1-8H3,(H,39,42)/t24-,25+,32+,33-,34+,37+/m1/s1. The summed E-state index contributed by atoms with van der Waals surface area (Å²) in [4.78, 5) is 27.8. The maximum Gasteiger partial charge on any atom is 0.481 e. The van der Waals surface area contributed by atoms with Crippen LogP contribution in [-0.2, 0) is 25.4 Å². The zero-order chi connectivity index (χ0) is 32.3. The number of fused-ring (bicyclic) bond motifs is 3. The number of carbonyl (C=O) groups is 2. The molecule has 2 heterocycles. The minimum Gasteiger partial charge on any atom is -0.497 e. The first kappa shape index (κ1) is 32.1. The van der Waals surface area contributed by atoms with Crippen LogP contribution < -0.4 is 10.1 Å². The minimum absolute atomic E-state index is 0.0376. The predicted molar refractivity (Wildman–Crippen MR) is 180 cm³/mol. The highest BCUT2D eigenvalue weighted by molar-refractivity contribution is 6.47. The van der Waals surface area contributed by atoms with E-state index in [1.165, 1.54) is 6.42 Å². The van der Waals surface area contributed by atoms with Crippen LogP contribution in [0.2, 0.25) is 0 Å². The van der Waals surface area contributed by atoms with Gasteiger partial charge in [-0.2, -0.15) is 0 Å². The van der Waals surface area contributed by atoms with E-state index in [1.54, 1.807) is 7.11 Å². The lowest BCUT2D eigenvalue weighted by Gasteiger charge is -2.64. The summed E-state index contributed by atoms with van der Waals surface area (Å²) >= 11 is 0. The molecule has 1 aromatic heterocycles. The summed E-state index contributed by atoms with van der Waals surface area (Å²) in [6, 6.07) is 14.1. The van der Waals surface area contributed by atoms with Gasteiger partial charge in [0, 0.05) is 34.7 Å². The van der Waals surface area contributed by atoms with Gasteiger partial charge in [-0.05, 0) is 79.9 Å². The molecule has 0 radical (unpaired) electrons. The number of Topliss-reactive ketones (excluding diaryl/α,β-unsaturated/α-hetero) is 1. The molecule has 3 aromatic rings. The zero-order valence-electron chi connectivity index (χ0n) is 28.4. The van der Waals surface area contributed by atoms with Gasteiger partial charge in [-0.15, -0.1) is 0 Å². The van der Waals surface area contributed by atoms with Gasteiger partial charge in [-0.3, -0.25) is 9.59 Å². The van der Waals surface area contributed by atoms with Crippen LogP contribution in [0.15, 0.2) is 42.5 Å². The van der Waals surface area contributed by atoms with Gasteiger partial charge >= 0.3 is 7.12 Å². The number of benzene rings is 2. The summed E-state index contributed by atoms with van der Waals surface area (Å²) in [7, 11) is 1.17. The van der Waals surface area contributed by atoms with Crippen molar-refractivity contribution in [1.29, 1.82) is 0 Å². The van der Waals surface area contributed by atoms with Crippen LogP contribution in [0.4, 0.5) is 0 Å². The monoisotopic (exact) mass is 614 g/mol. The Kier molecular flexibility index (Phi) is 8.62. The molecule has 1 N–H and O–H groups in total. The van der Waals surface area contributed by atoms with Crippen molar-refractivity contribution < 1.29 is 23.6 Å². The Morgan fingerprint density at radius 1 is 1.00 bits per heavy atom. The van der Waals surface area contributed by atoms with Crippen LogP contribution in [0.5, 0.6) is 5.75 Å². The number of para-hydroxylation sites is 1. The molecule has 2 aromatic carbocycles. The summed E-state index contributed by atoms with van der Waals surface area (Å²) in [6.45, 7) is 15.7. The van der Waals surface area contributed by atoms with Crippen LogP contribution >= 0.6 is 0 Å². The fraction of sp³-hybridized carbons (Fsp3) is 0.622. The Morgan fingerprint density at radius 2 is 1.71 bits per heavy atom. The van der Waals surface area contributed by atoms with E-state index in [4.69, 9.17) is 14.0 Å². The van der Waals surface area contributed by atoms with Crippen molar-refractivity contribution in [3.05, 3.63) is 42.5 Å². The molecule has 3 saturated carbocycles. The normalized spacial score (nSPS) is 26.6. The van der Waals surface area contributed by atoms with Gasteiger partial charge in [-0.25, -0.2) is 0 Å². The Labute approximate surface area is 268 Å². The van der Waals surface area contributed by atoms with Crippen LogP contribution in [0.25, 0.3) is 21.8 Å². The summed E-state index contributed by atoms with van der Waals surface area (Å²) in [6.07, 6.45) is 3.83. The SMILES string of the molecule is COc1ccc2c3ccccc3n(CC(=O)C[C@@H](CC(C)C)C(=O)N[C@@H](CC(C)C)B3O[C@@H]4C[C@@H]5C[C@@H](C5(C)C)[C@]4(C)O3)c2c1. The lowest BCUT2D eigenvalue weighted by Crippen LogP contribution is -2.65. The van der Waals surface area contributed by atoms with Gasteiger partial charge in [0.15, 0.2) is 5.78 Å². The van der Waals surface area contributed by atoms with Crippen LogP contribution in [0, 0.1) is 35.0 Å². The van der Waals surface area contributed by atoms with Gasteiger partial charge in [-0.1, -0.05) is 59.7 Å². The number of ketones is 1. The van der Waals surface area contributed by atoms with E-state index in [-0.39, 0.29) is 53.6 Å². The van der Waals surface area contributed by atoms with E-state index < -0.39 is 13.0 Å². The number of amides is 1. The molecular weight excluding hydrogens is 563 g/mol. The second-order valence-electron chi connectivity index (χ2n) is 15.6. The van der Waals surface area contributed by atoms with Gasteiger partial charge in [0.05, 0.1) is 36.8 Å². The number of nitrogens with one attached hydrogen (secondary N) is 1. The smallest absolute Gasteiger partial charge is 0.481 e. The number of hydrogen-bond acceptors (Lipinski definition) is 5. The molecule has 6 atom stereocenters. The summed E-state index contributed by atoms with van der Waals surface area (Å²) < 4.78 is 21.0. The number of methoxy groups -OCH3 is 1. The molecule has 1 aliphatic heterocycles. The highest BCUT2D eigenvalue weighted by atomic mass is 16.7. The van der Waals surface area contributed by atoms with E-state index in [0.717, 1.165) is 40.4 Å². The van der Waals surface area contributed by atoms with Crippen molar-refractivity contribution >= 4 is 40.6 Å². The fourth-order valence-electron chi connectivity index (χ4n) is 8.81. The number of nitrogens with zero attached hydrogens (tertiary/aromatic N) is 1. The van der Waals surface area contributed by atoms with Crippen molar-refractivity contribution in [1.82, 2.24) is 9.88 Å². The molecule has 2 bridgehead atoms. The van der Waals surface area contributed by atoms with Crippen molar-refractivity contribution in [2.24, 2.45) is 35.0 Å². The summed E-state index contributed by atoms with van der Waals surface area (Å²) in [5.41, 5.74) is 1.88. The van der Waals surface area contributed by atoms with Crippen LogP contribution in [0.1, 0.15) is 80.6 Å². The first-order chi connectivity index (χ1) is 21.3. The topological polar surface area (TPSA) is 78.8 Å². The number of ether oxygens (including phenoxy) is 1. The Bertz CT molecular complexity index is 1580. The number of hydrogen-bond donors (Lipinski definition) is 1. The Balaban J connectivity index is 1.20. The minimum atomic E-state index is -0.482. The number of carbonyl (C=O) groups excluding carboxylic acids is 2. The summed E-state index contributed by atoms with van der Waals surface area (Å²) in [5.74, 6) is 1.75. The van der Waals surface area contributed by atoms with Gasteiger partial charge in [0.2, 0.25) is 5.91 Å². The fourth-order valence-corrected chi connectivity index (χ4v) is 8.81. The molecular formula is C37H51BN2O5. The molecule has 7 rings (SSSR count). The largest absolute Gasteiger partial charge is 0.497 e. The van der Waals surface area contributed by atoms with Crippen molar-refractivity contribution in [3.8, 4) is 5.75 Å². The lowest BCUT2D eigenvalue weighted by atomic mass is 9.43. The third kappa shape index (κ3) is 5.82. The molecule has 1 amide bonds. The first-order valence-electron chi connectivity index (χ1n) is 17.0. The highest BCUT2D eigenvalue weighted by Gasteiger charge is 2.68. The van der Waals surface area contributed by atoms with Crippen LogP contribution in [0.3, 0.4) is 0 Å². The molecule has 0 spiro atoms. The molecule has 4 fully saturated rings. The quantitative estimate of drug-likeness (QED) is 0.218. The maximum atomic E-state index is 14.0. The third-order valence-electron chi connectivity index (χ3n) is 11.3. The average molecular weight is 615 g/mol. The number of rotatable bonds is 12. The van der Waals surface area contributed by atoms with Crippen LogP contribution in [-0.4, -0.2) is 48.1 Å². The average Bonchev–Trinajstić information content (AvgIpc) is 3.50. The van der Waals surface area contributed by atoms with Gasteiger partial charge in [0.25, 0.3) is 0 Å². The van der Waals surface area contributed by atoms with Gasteiger partial charge < -0.3 is 23.9 Å². The molecule has 0 unspecified atom stereocenters.